The SMILES string of the molecule is CC(C)(C)OC(=O)N1CCCC1c1ncc(-c2ccc(Oc3ccc(-c4cnc([C@@H]5CCCN5C(=O)OC(C)(C)C)[nH]4)cc3)cc2)[nH]1. The van der Waals surface area contributed by atoms with Crippen molar-refractivity contribution in [3.8, 4) is 34.0 Å². The molecule has 0 aliphatic carbocycles. The lowest BCUT2D eigenvalue weighted by atomic mass is 10.1. The molecule has 6 rings (SSSR count). The predicted octanol–water partition coefficient (Wildman–Crippen LogP) is 8.40. The number of hydrogen-bond acceptors (Lipinski definition) is 7. The number of H-pyrrole nitrogens is 2. The largest absolute Gasteiger partial charge is 0.457 e. The van der Waals surface area contributed by atoms with Gasteiger partial charge in [-0.15, -0.1) is 0 Å². The Kier molecular flexibility index (Phi) is 8.74. The number of likely N-dealkylation sites (tertiary alicyclic amines) is 2. The number of carbonyl (C=O) groups is 2. The van der Waals surface area contributed by atoms with Gasteiger partial charge in [-0.2, -0.15) is 0 Å². The van der Waals surface area contributed by atoms with Gasteiger partial charge in [0.15, 0.2) is 0 Å². The van der Waals surface area contributed by atoms with E-state index in [0.717, 1.165) is 59.8 Å². The lowest BCUT2D eigenvalue weighted by Gasteiger charge is -2.27. The summed E-state index contributed by atoms with van der Waals surface area (Å²) in [4.78, 5) is 45.1. The van der Waals surface area contributed by atoms with Crippen molar-refractivity contribution in [3.05, 3.63) is 72.6 Å². The second kappa shape index (κ2) is 12.8. The molecule has 2 amide bonds. The molecular formula is C36H44N6O5. The van der Waals surface area contributed by atoms with Crippen LogP contribution in [0, 0.1) is 0 Å². The predicted molar refractivity (Wildman–Crippen MR) is 178 cm³/mol. The highest BCUT2D eigenvalue weighted by Gasteiger charge is 2.36. The first-order valence-corrected chi connectivity index (χ1v) is 16.3. The summed E-state index contributed by atoms with van der Waals surface area (Å²) >= 11 is 0. The average Bonchev–Trinajstić information content (AvgIpc) is 3.82. The molecule has 4 aromatic rings. The third-order valence-electron chi connectivity index (χ3n) is 8.15. The van der Waals surface area contributed by atoms with Gasteiger partial charge >= 0.3 is 12.2 Å². The highest BCUT2D eigenvalue weighted by molar-refractivity contribution is 5.70. The van der Waals surface area contributed by atoms with E-state index in [1.165, 1.54) is 0 Å². The van der Waals surface area contributed by atoms with Gasteiger partial charge in [-0.05, 0) is 127 Å². The van der Waals surface area contributed by atoms with Gasteiger partial charge in [0.05, 0.1) is 35.9 Å². The quantitative estimate of drug-likeness (QED) is 0.217. The number of benzene rings is 2. The van der Waals surface area contributed by atoms with Crippen LogP contribution >= 0.6 is 0 Å². The molecule has 0 bridgehead atoms. The summed E-state index contributed by atoms with van der Waals surface area (Å²) in [6, 6.07) is 15.4. The highest BCUT2D eigenvalue weighted by Crippen LogP contribution is 2.35. The van der Waals surface area contributed by atoms with E-state index in [-0.39, 0.29) is 24.3 Å². The maximum absolute atomic E-state index is 12.7. The number of amides is 2. The molecule has 2 aromatic heterocycles. The van der Waals surface area contributed by atoms with Crippen LogP contribution in [0.5, 0.6) is 11.5 Å². The number of aromatic nitrogens is 4. The van der Waals surface area contributed by atoms with Gasteiger partial charge in [0.25, 0.3) is 0 Å². The van der Waals surface area contributed by atoms with Gasteiger partial charge in [0, 0.05) is 13.1 Å². The molecule has 2 fully saturated rings. The van der Waals surface area contributed by atoms with E-state index in [1.807, 2.05) is 90.1 Å². The summed E-state index contributed by atoms with van der Waals surface area (Å²) in [6.45, 7) is 12.6. The molecule has 0 radical (unpaired) electrons. The van der Waals surface area contributed by atoms with Crippen molar-refractivity contribution in [1.29, 1.82) is 0 Å². The third kappa shape index (κ3) is 7.61. The number of nitrogens with one attached hydrogen (secondary N) is 2. The van der Waals surface area contributed by atoms with Crippen molar-refractivity contribution in [2.24, 2.45) is 0 Å². The van der Waals surface area contributed by atoms with Gasteiger partial charge in [-0.25, -0.2) is 19.6 Å². The van der Waals surface area contributed by atoms with Crippen LogP contribution in [-0.4, -0.2) is 66.2 Å². The molecule has 2 saturated heterocycles. The second-order valence-electron chi connectivity index (χ2n) is 14.2. The maximum atomic E-state index is 12.7. The molecule has 2 N–H and O–H groups in total. The number of ether oxygens (including phenoxy) is 3. The molecule has 11 nitrogen and oxygen atoms in total. The van der Waals surface area contributed by atoms with Crippen LogP contribution in [0.1, 0.15) is 91.0 Å². The first-order chi connectivity index (χ1) is 22.3. The minimum atomic E-state index is -0.544. The number of aromatic amines is 2. The van der Waals surface area contributed by atoms with Crippen LogP contribution in [-0.2, 0) is 9.47 Å². The van der Waals surface area contributed by atoms with Crippen molar-refractivity contribution >= 4 is 12.2 Å². The summed E-state index contributed by atoms with van der Waals surface area (Å²) in [7, 11) is 0. The van der Waals surface area contributed by atoms with Crippen LogP contribution in [0.15, 0.2) is 60.9 Å². The zero-order valence-electron chi connectivity index (χ0n) is 28.0. The van der Waals surface area contributed by atoms with Gasteiger partial charge in [-0.3, -0.25) is 9.80 Å². The summed E-state index contributed by atoms with van der Waals surface area (Å²) in [5.41, 5.74) is 2.59. The molecule has 2 aliphatic heterocycles. The Morgan fingerprint density at radius 2 is 1.04 bits per heavy atom. The second-order valence-corrected chi connectivity index (χ2v) is 14.2. The van der Waals surface area contributed by atoms with E-state index < -0.39 is 11.2 Å². The fraction of sp³-hybridized carbons (Fsp3) is 0.444. The average molecular weight is 641 g/mol. The molecule has 248 valence electrons. The molecule has 1 unspecified atom stereocenters. The Balaban J connectivity index is 1.07. The van der Waals surface area contributed by atoms with E-state index in [9.17, 15) is 9.59 Å². The number of carbonyl (C=O) groups excluding carboxylic acids is 2. The van der Waals surface area contributed by atoms with Gasteiger partial charge < -0.3 is 24.2 Å². The van der Waals surface area contributed by atoms with Crippen LogP contribution in [0.3, 0.4) is 0 Å². The zero-order chi connectivity index (χ0) is 33.3. The molecule has 2 aromatic carbocycles. The van der Waals surface area contributed by atoms with Crippen LogP contribution in [0.4, 0.5) is 9.59 Å². The lowest BCUT2D eigenvalue weighted by molar-refractivity contribution is 0.0208. The van der Waals surface area contributed by atoms with Crippen LogP contribution in [0.2, 0.25) is 0 Å². The van der Waals surface area contributed by atoms with Crippen molar-refractivity contribution in [2.75, 3.05) is 13.1 Å². The molecular weight excluding hydrogens is 596 g/mol. The summed E-state index contributed by atoms with van der Waals surface area (Å²) < 4.78 is 17.3. The molecule has 4 heterocycles. The Morgan fingerprint density at radius 3 is 1.40 bits per heavy atom. The van der Waals surface area contributed by atoms with E-state index in [0.29, 0.717) is 24.6 Å². The first-order valence-electron chi connectivity index (χ1n) is 16.3. The highest BCUT2D eigenvalue weighted by atomic mass is 16.6. The lowest BCUT2D eigenvalue weighted by Crippen LogP contribution is -2.36. The van der Waals surface area contributed by atoms with Crippen LogP contribution < -0.4 is 4.74 Å². The van der Waals surface area contributed by atoms with Crippen molar-refractivity contribution < 1.29 is 23.8 Å². The monoisotopic (exact) mass is 640 g/mol. The molecule has 2 atom stereocenters. The first kappa shape index (κ1) is 32.2. The Bertz CT molecular complexity index is 1570. The van der Waals surface area contributed by atoms with E-state index in [2.05, 4.69) is 19.9 Å². The summed E-state index contributed by atoms with van der Waals surface area (Å²) in [6.07, 6.45) is 6.49. The number of imidazole rings is 2. The Hall–Kier alpha value is -4.80. The normalized spacial score (nSPS) is 18.4. The standard InChI is InChI=1S/C36H44N6O5/c1-35(2,3)46-33(43)41-19-7-9-29(41)31-37-21-27(39-31)23-11-15-25(16-12-23)45-26-17-13-24(14-18-26)28-22-38-32(40-28)30-10-8-20-42(30)34(44)47-36(4,5)6/h11-18,21-22,29-30H,7-10,19-20H2,1-6H3,(H,37,39)(H,38,40)/t29-,30?/m0/s1. The minimum Gasteiger partial charge on any atom is -0.457 e. The minimum absolute atomic E-state index is 0.132. The smallest absolute Gasteiger partial charge is 0.410 e. The maximum Gasteiger partial charge on any atom is 0.410 e. The van der Waals surface area contributed by atoms with E-state index in [4.69, 9.17) is 14.2 Å². The van der Waals surface area contributed by atoms with Crippen molar-refractivity contribution in [3.63, 3.8) is 0 Å². The molecule has 0 saturated carbocycles. The number of rotatable bonds is 6. The Labute approximate surface area is 275 Å². The fourth-order valence-corrected chi connectivity index (χ4v) is 6.03. The molecule has 2 aliphatic rings. The molecule has 47 heavy (non-hydrogen) atoms. The van der Waals surface area contributed by atoms with Crippen molar-refractivity contribution in [1.82, 2.24) is 29.7 Å². The van der Waals surface area contributed by atoms with E-state index in [1.54, 1.807) is 22.2 Å². The number of nitrogens with zero attached hydrogens (tertiary/aromatic N) is 4. The van der Waals surface area contributed by atoms with Crippen molar-refractivity contribution in [2.45, 2.75) is 90.5 Å². The zero-order valence-corrected chi connectivity index (χ0v) is 28.0. The third-order valence-corrected chi connectivity index (χ3v) is 8.15. The van der Waals surface area contributed by atoms with Crippen LogP contribution in [0.25, 0.3) is 22.5 Å². The van der Waals surface area contributed by atoms with Gasteiger partial charge in [0.1, 0.15) is 34.3 Å². The fourth-order valence-electron chi connectivity index (χ4n) is 6.03. The summed E-state index contributed by atoms with van der Waals surface area (Å²) in [5, 5.41) is 0. The molecule has 0 spiro atoms. The molecule has 11 heteroatoms. The van der Waals surface area contributed by atoms with Gasteiger partial charge in [0.2, 0.25) is 0 Å². The van der Waals surface area contributed by atoms with Gasteiger partial charge in [-0.1, -0.05) is 0 Å². The Morgan fingerprint density at radius 1 is 0.660 bits per heavy atom. The summed E-state index contributed by atoms with van der Waals surface area (Å²) in [5.74, 6) is 2.94. The topological polar surface area (TPSA) is 126 Å². The number of hydrogen-bond donors (Lipinski definition) is 2. The van der Waals surface area contributed by atoms with E-state index >= 15 is 0 Å².